The molecule has 4 aromatic rings. The van der Waals surface area contributed by atoms with Crippen LogP contribution in [0.4, 0.5) is 11.4 Å². The van der Waals surface area contributed by atoms with Crippen LogP contribution in [0.2, 0.25) is 0 Å². The highest BCUT2D eigenvalue weighted by Crippen LogP contribution is 2.36. The number of benzene rings is 3. The number of ether oxygens (including phenoxy) is 1. The number of sulfonamides is 1. The first-order valence-corrected chi connectivity index (χ1v) is 11.9. The molecule has 4 rings (SSSR count). The van der Waals surface area contributed by atoms with Crippen molar-refractivity contribution in [1.82, 2.24) is 4.98 Å². The molecule has 3 aromatic carbocycles. The lowest BCUT2D eigenvalue weighted by Gasteiger charge is -2.09. The zero-order valence-electron chi connectivity index (χ0n) is 18.4. The number of carbonyl (C=O) groups excluding carboxylic acids is 1. The maximum absolute atomic E-state index is 12.6. The smallest absolute Gasteiger partial charge is 0.295 e. The second kappa shape index (κ2) is 9.36. The van der Waals surface area contributed by atoms with Gasteiger partial charge >= 0.3 is 0 Å². The molecule has 0 spiro atoms. The molecule has 1 amide bonds. The van der Waals surface area contributed by atoms with E-state index >= 15 is 0 Å². The Balaban J connectivity index is 1.48. The van der Waals surface area contributed by atoms with Crippen molar-refractivity contribution in [2.24, 2.45) is 10.2 Å². The number of nitrogens with one attached hydrogen (secondary N) is 2. The number of aromatic amines is 1. The Bertz CT molecular complexity index is 1470. The molecule has 174 valence electrons. The Kier molecular flexibility index (Phi) is 6.33. The number of nitrogens with zero attached hydrogens (tertiary/aromatic N) is 2. The van der Waals surface area contributed by atoms with Gasteiger partial charge in [-0.05, 0) is 67.9 Å². The number of aromatic nitrogens is 1. The minimum absolute atomic E-state index is 0.0821. The number of aromatic hydroxyl groups is 1. The third kappa shape index (κ3) is 4.76. The van der Waals surface area contributed by atoms with Crippen molar-refractivity contribution in [2.75, 3.05) is 11.3 Å². The van der Waals surface area contributed by atoms with Gasteiger partial charge in [0.1, 0.15) is 5.75 Å². The zero-order chi connectivity index (χ0) is 24.3. The first kappa shape index (κ1) is 23.0. The first-order chi connectivity index (χ1) is 16.3. The molecule has 0 unspecified atom stereocenters. The molecule has 1 heterocycles. The van der Waals surface area contributed by atoms with Crippen LogP contribution in [0.1, 0.15) is 22.8 Å². The average Bonchev–Trinajstić information content (AvgIpc) is 3.14. The largest absolute Gasteiger partial charge is 0.494 e. The quantitative estimate of drug-likeness (QED) is 0.310. The number of amides is 1. The van der Waals surface area contributed by atoms with E-state index in [-0.39, 0.29) is 27.7 Å². The van der Waals surface area contributed by atoms with E-state index in [0.29, 0.717) is 23.3 Å². The van der Waals surface area contributed by atoms with Crippen molar-refractivity contribution in [1.29, 1.82) is 0 Å². The number of carbonyl (C=O) groups is 1. The summed E-state index contributed by atoms with van der Waals surface area (Å²) in [6, 6.07) is 17.3. The molecule has 0 bridgehead atoms. The Morgan fingerprint density at radius 3 is 2.44 bits per heavy atom. The zero-order valence-corrected chi connectivity index (χ0v) is 19.3. The predicted octanol–water partition coefficient (Wildman–Crippen LogP) is 5.31. The molecule has 1 aromatic heterocycles. The molecule has 0 radical (unpaired) electrons. The summed E-state index contributed by atoms with van der Waals surface area (Å²) < 4.78 is 33.0. The van der Waals surface area contributed by atoms with Gasteiger partial charge < -0.3 is 14.8 Å². The minimum atomic E-state index is -3.81. The summed E-state index contributed by atoms with van der Waals surface area (Å²) in [5.41, 5.74) is 2.30. The molecule has 0 atom stereocenters. The van der Waals surface area contributed by atoms with Crippen LogP contribution in [0.5, 0.6) is 11.6 Å². The lowest BCUT2D eigenvalue weighted by atomic mass is 10.1. The van der Waals surface area contributed by atoms with Crippen molar-refractivity contribution in [3.63, 3.8) is 0 Å². The molecule has 0 aliphatic carbocycles. The number of azo groups is 1. The van der Waals surface area contributed by atoms with Gasteiger partial charge in [0.15, 0.2) is 5.69 Å². The van der Waals surface area contributed by atoms with Gasteiger partial charge in [0, 0.05) is 16.6 Å². The summed E-state index contributed by atoms with van der Waals surface area (Å²) >= 11 is 0. The second-order valence-corrected chi connectivity index (χ2v) is 9.09. The van der Waals surface area contributed by atoms with E-state index in [0.717, 1.165) is 5.56 Å². The molecular weight excluding hydrogens is 456 g/mol. The summed E-state index contributed by atoms with van der Waals surface area (Å²) in [5.74, 6) is -0.239. The molecule has 0 fully saturated rings. The van der Waals surface area contributed by atoms with E-state index < -0.39 is 15.9 Å². The Hall–Kier alpha value is -4.18. The Morgan fingerprint density at radius 1 is 1.06 bits per heavy atom. The van der Waals surface area contributed by atoms with Crippen LogP contribution in [0, 0.1) is 6.92 Å². The van der Waals surface area contributed by atoms with Crippen LogP contribution in [0.3, 0.4) is 0 Å². The fraction of sp³-hybridized carbons (Fsp3) is 0.125. The minimum Gasteiger partial charge on any atom is -0.494 e. The molecule has 0 saturated carbocycles. The highest BCUT2D eigenvalue weighted by atomic mass is 32.2. The third-order valence-corrected chi connectivity index (χ3v) is 6.46. The lowest BCUT2D eigenvalue weighted by molar-refractivity contribution is 0.0995. The number of rotatable bonds is 7. The van der Waals surface area contributed by atoms with Gasteiger partial charge in [0.2, 0.25) is 5.88 Å². The van der Waals surface area contributed by atoms with E-state index in [1.807, 2.05) is 26.0 Å². The van der Waals surface area contributed by atoms with E-state index in [1.165, 1.54) is 36.4 Å². The van der Waals surface area contributed by atoms with Gasteiger partial charge in [0.25, 0.3) is 15.9 Å². The highest BCUT2D eigenvalue weighted by molar-refractivity contribution is 7.92. The maximum atomic E-state index is 12.6. The number of hydrogen-bond acceptors (Lipinski definition) is 6. The van der Waals surface area contributed by atoms with Crippen LogP contribution >= 0.6 is 0 Å². The van der Waals surface area contributed by atoms with Crippen molar-refractivity contribution in [2.45, 2.75) is 18.7 Å². The topological polar surface area (TPSA) is 133 Å². The van der Waals surface area contributed by atoms with Crippen LogP contribution in [0.15, 0.2) is 81.9 Å². The molecule has 34 heavy (non-hydrogen) atoms. The lowest BCUT2D eigenvalue weighted by Crippen LogP contribution is -2.13. The number of anilines is 1. The molecule has 0 saturated heterocycles. The first-order valence-electron chi connectivity index (χ1n) is 10.4. The fourth-order valence-electron chi connectivity index (χ4n) is 3.37. The summed E-state index contributed by atoms with van der Waals surface area (Å²) in [5, 5.41) is 18.4. The molecule has 0 aliphatic rings. The molecule has 10 heteroatoms. The molecule has 0 aliphatic heterocycles. The van der Waals surface area contributed by atoms with Crippen molar-refractivity contribution < 1.29 is 23.1 Å². The van der Waals surface area contributed by atoms with Crippen molar-refractivity contribution in [3.8, 4) is 11.6 Å². The third-order valence-electron chi connectivity index (χ3n) is 5.07. The summed E-state index contributed by atoms with van der Waals surface area (Å²) in [7, 11) is -3.81. The molecule has 3 N–H and O–H groups in total. The SMILES string of the molecule is CCOc1ccc(S(=O)(=O)Nc2ccc(C(=O)N=Nc3c(O)[nH]c4c(C)cccc34)cc2)cc1. The van der Waals surface area contributed by atoms with Crippen LogP contribution in [-0.4, -0.2) is 31.0 Å². The highest BCUT2D eigenvalue weighted by Gasteiger charge is 2.16. The van der Waals surface area contributed by atoms with E-state index in [9.17, 15) is 18.3 Å². The van der Waals surface area contributed by atoms with Gasteiger partial charge in [-0.15, -0.1) is 10.2 Å². The van der Waals surface area contributed by atoms with Crippen LogP contribution < -0.4 is 9.46 Å². The monoisotopic (exact) mass is 478 g/mol. The van der Waals surface area contributed by atoms with E-state index in [2.05, 4.69) is 19.9 Å². The maximum Gasteiger partial charge on any atom is 0.295 e. The fourth-order valence-corrected chi connectivity index (χ4v) is 4.43. The van der Waals surface area contributed by atoms with Gasteiger partial charge in [0.05, 0.1) is 17.0 Å². The number of H-pyrrole nitrogens is 1. The van der Waals surface area contributed by atoms with Gasteiger partial charge in [-0.3, -0.25) is 9.52 Å². The van der Waals surface area contributed by atoms with E-state index in [4.69, 9.17) is 4.74 Å². The van der Waals surface area contributed by atoms with Gasteiger partial charge in [-0.1, -0.05) is 18.2 Å². The molecule has 9 nitrogen and oxygen atoms in total. The van der Waals surface area contributed by atoms with Gasteiger partial charge in [-0.25, -0.2) is 8.42 Å². The summed E-state index contributed by atoms with van der Waals surface area (Å²) in [4.78, 5) is 15.4. The number of aryl methyl sites for hydroxylation is 1. The predicted molar refractivity (Wildman–Crippen MR) is 128 cm³/mol. The summed E-state index contributed by atoms with van der Waals surface area (Å²) in [6.45, 7) is 4.21. The number of hydrogen-bond donors (Lipinski definition) is 3. The average molecular weight is 479 g/mol. The van der Waals surface area contributed by atoms with Crippen LogP contribution in [0.25, 0.3) is 10.9 Å². The van der Waals surface area contributed by atoms with Crippen molar-refractivity contribution in [3.05, 3.63) is 77.9 Å². The molecular formula is C24H22N4O5S. The normalized spacial score (nSPS) is 11.7. The summed E-state index contributed by atoms with van der Waals surface area (Å²) in [6.07, 6.45) is 0. The Morgan fingerprint density at radius 2 is 1.76 bits per heavy atom. The van der Waals surface area contributed by atoms with Gasteiger partial charge in [-0.2, -0.15) is 0 Å². The number of para-hydroxylation sites is 1. The van der Waals surface area contributed by atoms with E-state index in [1.54, 1.807) is 18.2 Å². The number of fused-ring (bicyclic) bond motifs is 1. The Labute approximate surface area is 196 Å². The van der Waals surface area contributed by atoms with Crippen molar-refractivity contribution >= 4 is 38.2 Å². The second-order valence-electron chi connectivity index (χ2n) is 7.41. The van der Waals surface area contributed by atoms with Crippen LogP contribution in [-0.2, 0) is 10.0 Å². The standard InChI is InChI=1S/C24H22N4O5S/c1-3-33-18-11-13-19(14-12-18)34(31,32)28-17-9-7-16(8-10-17)23(29)27-26-22-20-6-4-5-15(2)21(20)25-24(22)30/h4-14,25,28,30H,3H2,1-2H3.